The van der Waals surface area contributed by atoms with Crippen molar-refractivity contribution in [2.75, 3.05) is 11.4 Å². The summed E-state index contributed by atoms with van der Waals surface area (Å²) in [5.74, 6) is 1.08. The lowest BCUT2D eigenvalue weighted by atomic mass is 10.1. The van der Waals surface area contributed by atoms with E-state index in [1.54, 1.807) is 0 Å². The molecule has 5 rings (SSSR count). The van der Waals surface area contributed by atoms with Crippen LogP contribution in [-0.4, -0.2) is 30.9 Å². The second kappa shape index (κ2) is 6.23. The highest BCUT2D eigenvalue weighted by Gasteiger charge is 2.20. The van der Waals surface area contributed by atoms with Gasteiger partial charge in [-0.15, -0.1) is 0 Å². The molecule has 27 heavy (non-hydrogen) atoms. The fourth-order valence-corrected chi connectivity index (χ4v) is 3.86. The molecule has 4 heterocycles. The van der Waals surface area contributed by atoms with Crippen molar-refractivity contribution in [3.63, 3.8) is 0 Å². The van der Waals surface area contributed by atoms with Gasteiger partial charge in [0.1, 0.15) is 5.82 Å². The third-order valence-corrected chi connectivity index (χ3v) is 5.06. The number of hydrogen-bond acceptors (Lipinski definition) is 4. The standard InChI is InChI=1S/C21H22N6/c1-15-11-18-14-25(9-6-10-26(18)23-15)21-13-19(17-7-4-3-5-8-17)22-20-12-16(2)24-27(20)21/h3-5,7-8,11-13H,6,9-10,14H2,1-2H3. The first kappa shape index (κ1) is 16.1. The monoisotopic (exact) mass is 358 g/mol. The number of anilines is 1. The Morgan fingerprint density at radius 1 is 0.889 bits per heavy atom. The molecule has 0 unspecified atom stereocenters. The molecular formula is C21H22N6. The molecule has 1 aliphatic heterocycles. The third kappa shape index (κ3) is 2.87. The zero-order chi connectivity index (χ0) is 18.4. The summed E-state index contributed by atoms with van der Waals surface area (Å²) in [5, 5.41) is 9.33. The Labute approximate surface area is 158 Å². The van der Waals surface area contributed by atoms with Crippen LogP contribution >= 0.6 is 0 Å². The summed E-state index contributed by atoms with van der Waals surface area (Å²) < 4.78 is 4.11. The summed E-state index contributed by atoms with van der Waals surface area (Å²) in [6, 6.07) is 16.7. The van der Waals surface area contributed by atoms with E-state index in [0.29, 0.717) is 0 Å². The molecule has 0 saturated heterocycles. The van der Waals surface area contributed by atoms with Crippen LogP contribution in [0.1, 0.15) is 23.5 Å². The van der Waals surface area contributed by atoms with Crippen LogP contribution in [0.5, 0.6) is 0 Å². The van der Waals surface area contributed by atoms with Crippen molar-refractivity contribution in [2.45, 2.75) is 33.4 Å². The van der Waals surface area contributed by atoms with Gasteiger partial charge in [0.2, 0.25) is 0 Å². The largest absolute Gasteiger partial charge is 0.350 e. The second-order valence-corrected chi connectivity index (χ2v) is 7.20. The van der Waals surface area contributed by atoms with Crippen LogP contribution in [0, 0.1) is 13.8 Å². The predicted molar refractivity (Wildman–Crippen MR) is 106 cm³/mol. The number of fused-ring (bicyclic) bond motifs is 2. The summed E-state index contributed by atoms with van der Waals surface area (Å²) >= 11 is 0. The maximum absolute atomic E-state index is 4.85. The molecule has 0 fully saturated rings. The van der Waals surface area contributed by atoms with Gasteiger partial charge in [0.15, 0.2) is 5.65 Å². The summed E-state index contributed by atoms with van der Waals surface area (Å²) in [4.78, 5) is 7.25. The van der Waals surface area contributed by atoms with E-state index in [9.17, 15) is 0 Å². The van der Waals surface area contributed by atoms with Crippen LogP contribution in [0.25, 0.3) is 16.9 Å². The predicted octanol–water partition coefficient (Wildman–Crippen LogP) is 3.62. The van der Waals surface area contributed by atoms with Gasteiger partial charge in [0, 0.05) is 30.8 Å². The van der Waals surface area contributed by atoms with Gasteiger partial charge in [-0.2, -0.15) is 14.7 Å². The number of aryl methyl sites for hydroxylation is 3. The minimum absolute atomic E-state index is 0.826. The highest BCUT2D eigenvalue weighted by atomic mass is 15.4. The van der Waals surface area contributed by atoms with Gasteiger partial charge in [-0.05, 0) is 26.3 Å². The Hall–Kier alpha value is -3.15. The van der Waals surface area contributed by atoms with E-state index >= 15 is 0 Å². The Balaban J connectivity index is 1.65. The minimum atomic E-state index is 0.826. The molecule has 3 aromatic heterocycles. The van der Waals surface area contributed by atoms with Gasteiger partial charge in [0.25, 0.3) is 0 Å². The van der Waals surface area contributed by atoms with E-state index in [0.717, 1.165) is 60.2 Å². The molecule has 1 aliphatic rings. The molecule has 0 atom stereocenters. The van der Waals surface area contributed by atoms with Crippen molar-refractivity contribution in [3.8, 4) is 11.3 Å². The molecule has 0 saturated carbocycles. The number of benzene rings is 1. The summed E-state index contributed by atoms with van der Waals surface area (Å²) in [6.07, 6.45) is 1.05. The van der Waals surface area contributed by atoms with Crippen LogP contribution in [0.15, 0.2) is 48.5 Å². The smallest absolute Gasteiger partial charge is 0.158 e. The Bertz CT molecular complexity index is 1110. The summed E-state index contributed by atoms with van der Waals surface area (Å²) in [7, 11) is 0. The first-order chi connectivity index (χ1) is 13.2. The van der Waals surface area contributed by atoms with Crippen molar-refractivity contribution in [1.29, 1.82) is 0 Å². The maximum atomic E-state index is 4.85. The van der Waals surface area contributed by atoms with Gasteiger partial charge < -0.3 is 4.90 Å². The SMILES string of the molecule is Cc1cc2n(n1)CCCN(c1cc(-c3ccccc3)nc3cc(C)nn13)C2. The highest BCUT2D eigenvalue weighted by molar-refractivity contribution is 5.67. The molecule has 1 aromatic carbocycles. The first-order valence-electron chi connectivity index (χ1n) is 9.38. The van der Waals surface area contributed by atoms with Crippen LogP contribution in [-0.2, 0) is 13.1 Å². The number of rotatable bonds is 2. The van der Waals surface area contributed by atoms with E-state index < -0.39 is 0 Å². The van der Waals surface area contributed by atoms with Crippen LogP contribution in [0.2, 0.25) is 0 Å². The molecule has 6 heteroatoms. The quantitative estimate of drug-likeness (QED) is 0.549. The second-order valence-electron chi connectivity index (χ2n) is 7.20. The van der Waals surface area contributed by atoms with Crippen molar-refractivity contribution in [1.82, 2.24) is 24.4 Å². The van der Waals surface area contributed by atoms with Gasteiger partial charge in [-0.1, -0.05) is 30.3 Å². The van der Waals surface area contributed by atoms with Crippen LogP contribution in [0.4, 0.5) is 5.82 Å². The molecular weight excluding hydrogens is 336 g/mol. The highest BCUT2D eigenvalue weighted by Crippen LogP contribution is 2.27. The summed E-state index contributed by atoms with van der Waals surface area (Å²) in [5.41, 5.74) is 6.29. The zero-order valence-corrected chi connectivity index (χ0v) is 15.6. The molecule has 0 N–H and O–H groups in total. The zero-order valence-electron chi connectivity index (χ0n) is 15.6. The van der Waals surface area contributed by atoms with Gasteiger partial charge in [0.05, 0.1) is 29.3 Å². The maximum Gasteiger partial charge on any atom is 0.158 e. The average Bonchev–Trinajstić information content (AvgIpc) is 3.15. The van der Waals surface area contributed by atoms with E-state index in [1.807, 2.05) is 23.6 Å². The molecule has 0 aliphatic carbocycles. The van der Waals surface area contributed by atoms with Crippen molar-refractivity contribution >= 4 is 11.5 Å². The van der Waals surface area contributed by atoms with Gasteiger partial charge in [-0.3, -0.25) is 4.68 Å². The van der Waals surface area contributed by atoms with Gasteiger partial charge >= 0.3 is 0 Å². The van der Waals surface area contributed by atoms with Crippen molar-refractivity contribution in [3.05, 3.63) is 65.6 Å². The molecule has 4 aromatic rings. The number of nitrogens with zero attached hydrogens (tertiary/aromatic N) is 6. The fourth-order valence-electron chi connectivity index (χ4n) is 3.86. The first-order valence-corrected chi connectivity index (χ1v) is 9.38. The fraction of sp³-hybridized carbons (Fsp3) is 0.286. The Morgan fingerprint density at radius 3 is 2.56 bits per heavy atom. The van der Waals surface area contributed by atoms with Crippen LogP contribution in [0.3, 0.4) is 0 Å². The molecule has 0 spiro atoms. The third-order valence-electron chi connectivity index (χ3n) is 5.06. The number of hydrogen-bond donors (Lipinski definition) is 0. The lowest BCUT2D eigenvalue weighted by Crippen LogP contribution is -2.25. The Kier molecular flexibility index (Phi) is 3.70. The molecule has 0 radical (unpaired) electrons. The van der Waals surface area contributed by atoms with E-state index in [-0.39, 0.29) is 0 Å². The topological polar surface area (TPSA) is 51.2 Å². The van der Waals surface area contributed by atoms with E-state index in [1.165, 1.54) is 5.69 Å². The average molecular weight is 358 g/mol. The number of aromatic nitrogens is 5. The molecule has 6 nitrogen and oxygen atoms in total. The van der Waals surface area contributed by atoms with Gasteiger partial charge in [-0.25, -0.2) is 4.98 Å². The van der Waals surface area contributed by atoms with E-state index in [4.69, 9.17) is 10.1 Å². The lowest BCUT2D eigenvalue weighted by Gasteiger charge is -2.23. The van der Waals surface area contributed by atoms with Crippen molar-refractivity contribution < 1.29 is 0 Å². The minimum Gasteiger partial charge on any atom is -0.350 e. The molecule has 0 amide bonds. The normalized spacial score (nSPS) is 14.4. The lowest BCUT2D eigenvalue weighted by molar-refractivity contribution is 0.587. The van der Waals surface area contributed by atoms with E-state index in [2.05, 4.69) is 58.0 Å². The van der Waals surface area contributed by atoms with Crippen LogP contribution < -0.4 is 4.90 Å². The summed E-state index contributed by atoms with van der Waals surface area (Å²) in [6.45, 7) is 6.82. The molecule has 136 valence electrons. The van der Waals surface area contributed by atoms with Crippen molar-refractivity contribution in [2.24, 2.45) is 0 Å². The molecule has 0 bridgehead atoms. The Morgan fingerprint density at radius 2 is 1.70 bits per heavy atom.